The van der Waals surface area contributed by atoms with E-state index in [1.54, 1.807) is 0 Å². The fourth-order valence-corrected chi connectivity index (χ4v) is 4.34. The van der Waals surface area contributed by atoms with Crippen molar-refractivity contribution in [3.63, 3.8) is 0 Å². The van der Waals surface area contributed by atoms with Gasteiger partial charge in [-0.1, -0.05) is 12.8 Å². The van der Waals surface area contributed by atoms with Crippen LogP contribution in [0.3, 0.4) is 0 Å². The molecule has 0 bridgehead atoms. The fraction of sp³-hybridized carbons (Fsp3) is 1.00. The van der Waals surface area contributed by atoms with Gasteiger partial charge in [0.15, 0.2) is 0 Å². The Labute approximate surface area is 89.3 Å². The lowest BCUT2D eigenvalue weighted by atomic mass is 10.2. The van der Waals surface area contributed by atoms with Gasteiger partial charge in [-0.2, -0.15) is 0 Å². The second-order valence-electron chi connectivity index (χ2n) is 4.69. The highest BCUT2D eigenvalue weighted by Crippen LogP contribution is 2.33. The zero-order valence-electron chi connectivity index (χ0n) is 9.00. The number of nitrogens with one attached hydrogen (secondary N) is 1. The number of hydrogen-bond donors (Lipinski definition) is 1. The first kappa shape index (κ1) is 10.6. The van der Waals surface area contributed by atoms with Crippen molar-refractivity contribution in [2.24, 2.45) is 5.92 Å². The Kier molecular flexibility index (Phi) is 3.61. The van der Waals surface area contributed by atoms with E-state index in [-0.39, 0.29) is 0 Å². The third-order valence-electron chi connectivity index (χ3n) is 3.58. The van der Waals surface area contributed by atoms with Crippen molar-refractivity contribution >= 4 is 10.8 Å². The Morgan fingerprint density at radius 1 is 1.29 bits per heavy atom. The van der Waals surface area contributed by atoms with E-state index in [9.17, 15) is 4.21 Å². The summed E-state index contributed by atoms with van der Waals surface area (Å²) in [6, 6.07) is 0.524. The first-order chi connectivity index (χ1) is 6.81. The van der Waals surface area contributed by atoms with Crippen molar-refractivity contribution in [3.8, 4) is 0 Å². The van der Waals surface area contributed by atoms with Crippen LogP contribution in [0.25, 0.3) is 0 Å². The molecule has 2 aliphatic carbocycles. The van der Waals surface area contributed by atoms with E-state index >= 15 is 0 Å². The summed E-state index contributed by atoms with van der Waals surface area (Å²) < 4.78 is 12.0. The van der Waals surface area contributed by atoms with Crippen molar-refractivity contribution in [3.05, 3.63) is 0 Å². The van der Waals surface area contributed by atoms with Gasteiger partial charge in [-0.25, -0.2) is 0 Å². The molecule has 0 radical (unpaired) electrons. The van der Waals surface area contributed by atoms with E-state index in [4.69, 9.17) is 0 Å². The summed E-state index contributed by atoms with van der Waals surface area (Å²) in [6.45, 7) is 0. The van der Waals surface area contributed by atoms with E-state index in [2.05, 4.69) is 5.32 Å². The van der Waals surface area contributed by atoms with Crippen LogP contribution in [0.5, 0.6) is 0 Å². The zero-order valence-corrected chi connectivity index (χ0v) is 9.81. The summed E-state index contributed by atoms with van der Waals surface area (Å²) in [7, 11) is 1.44. The van der Waals surface area contributed by atoms with Gasteiger partial charge in [-0.05, 0) is 38.6 Å². The normalized spacial score (nSPS) is 27.8. The van der Waals surface area contributed by atoms with Crippen molar-refractivity contribution in [2.75, 3.05) is 12.8 Å². The smallest absolute Gasteiger partial charge is 0.0394 e. The highest BCUT2D eigenvalue weighted by Gasteiger charge is 2.33. The minimum Gasteiger partial charge on any atom is -0.316 e. The van der Waals surface area contributed by atoms with Crippen molar-refractivity contribution < 1.29 is 4.21 Å². The molecule has 0 aromatic heterocycles. The van der Waals surface area contributed by atoms with Gasteiger partial charge in [0.25, 0.3) is 0 Å². The van der Waals surface area contributed by atoms with Crippen LogP contribution in [0.1, 0.15) is 38.5 Å². The van der Waals surface area contributed by atoms with E-state index in [1.807, 2.05) is 7.05 Å². The molecular weight excluding hydrogens is 194 g/mol. The fourth-order valence-electron chi connectivity index (χ4n) is 2.42. The molecule has 14 heavy (non-hydrogen) atoms. The van der Waals surface area contributed by atoms with Crippen molar-refractivity contribution in [1.29, 1.82) is 0 Å². The second kappa shape index (κ2) is 4.75. The average molecular weight is 215 g/mol. The molecule has 82 valence electrons. The largest absolute Gasteiger partial charge is 0.316 e. The first-order valence-corrected chi connectivity index (χ1v) is 7.24. The minimum absolute atomic E-state index is 0.518. The monoisotopic (exact) mass is 215 g/mol. The van der Waals surface area contributed by atoms with Gasteiger partial charge in [-0.15, -0.1) is 0 Å². The molecule has 0 spiro atoms. The van der Waals surface area contributed by atoms with Crippen LogP contribution in [-0.4, -0.2) is 28.3 Å². The molecule has 3 heteroatoms. The van der Waals surface area contributed by atoms with Crippen LogP contribution in [0, 0.1) is 5.92 Å². The van der Waals surface area contributed by atoms with Crippen LogP contribution in [0.4, 0.5) is 0 Å². The Morgan fingerprint density at radius 2 is 1.93 bits per heavy atom. The standard InChI is InChI=1S/C11H21NOS/c1-12-11(9-6-7-9)8-14(13)10-4-2-3-5-10/h9-12H,2-8H2,1H3. The minimum atomic E-state index is -0.568. The summed E-state index contributed by atoms with van der Waals surface area (Å²) in [5.74, 6) is 1.72. The molecule has 2 fully saturated rings. The molecule has 2 atom stereocenters. The summed E-state index contributed by atoms with van der Waals surface area (Å²) in [5, 5.41) is 3.84. The van der Waals surface area contributed by atoms with Gasteiger partial charge in [-0.3, -0.25) is 4.21 Å². The summed E-state index contributed by atoms with van der Waals surface area (Å²) in [5.41, 5.74) is 0. The molecule has 0 aliphatic heterocycles. The Morgan fingerprint density at radius 3 is 2.43 bits per heavy atom. The third-order valence-corrected chi connectivity index (χ3v) is 5.48. The summed E-state index contributed by atoms with van der Waals surface area (Å²) in [4.78, 5) is 0. The van der Waals surface area contributed by atoms with E-state index in [0.29, 0.717) is 11.3 Å². The predicted octanol–water partition coefficient (Wildman–Crippen LogP) is 1.68. The molecule has 2 unspecified atom stereocenters. The van der Waals surface area contributed by atoms with Crippen LogP contribution >= 0.6 is 0 Å². The van der Waals surface area contributed by atoms with Crippen molar-refractivity contribution in [2.45, 2.75) is 49.8 Å². The maximum atomic E-state index is 12.0. The lowest BCUT2D eigenvalue weighted by Gasteiger charge is -2.17. The summed E-state index contributed by atoms with van der Waals surface area (Å²) in [6.07, 6.45) is 7.68. The molecule has 0 heterocycles. The van der Waals surface area contributed by atoms with Crippen molar-refractivity contribution in [1.82, 2.24) is 5.32 Å². The maximum absolute atomic E-state index is 12.0. The zero-order chi connectivity index (χ0) is 9.97. The molecular formula is C11H21NOS. The van der Waals surface area contributed by atoms with Gasteiger partial charge in [0.05, 0.1) is 0 Å². The van der Waals surface area contributed by atoms with Crippen LogP contribution in [0.15, 0.2) is 0 Å². The lowest BCUT2D eigenvalue weighted by molar-refractivity contribution is 0.544. The van der Waals surface area contributed by atoms with Crippen LogP contribution < -0.4 is 5.32 Å². The average Bonchev–Trinajstić information content (AvgIpc) is 2.88. The van der Waals surface area contributed by atoms with Gasteiger partial charge >= 0.3 is 0 Å². The molecule has 2 aliphatic rings. The lowest BCUT2D eigenvalue weighted by Crippen LogP contribution is -2.35. The molecule has 0 saturated heterocycles. The Bertz CT molecular complexity index is 209. The molecule has 0 aromatic rings. The van der Waals surface area contributed by atoms with E-state index in [0.717, 1.165) is 11.7 Å². The molecule has 2 rings (SSSR count). The highest BCUT2D eigenvalue weighted by molar-refractivity contribution is 7.85. The van der Waals surface area contributed by atoms with Gasteiger partial charge in [0, 0.05) is 27.8 Å². The third kappa shape index (κ3) is 2.57. The summed E-state index contributed by atoms with van der Waals surface area (Å²) >= 11 is 0. The Hall–Kier alpha value is 0.110. The second-order valence-corrected chi connectivity index (χ2v) is 6.45. The van der Waals surface area contributed by atoms with Crippen LogP contribution in [-0.2, 0) is 10.8 Å². The predicted molar refractivity (Wildman–Crippen MR) is 60.8 cm³/mol. The maximum Gasteiger partial charge on any atom is 0.0394 e. The van der Waals surface area contributed by atoms with Gasteiger partial charge in [0.2, 0.25) is 0 Å². The quantitative estimate of drug-likeness (QED) is 0.756. The van der Waals surface area contributed by atoms with E-state index < -0.39 is 10.8 Å². The van der Waals surface area contributed by atoms with E-state index in [1.165, 1.54) is 38.5 Å². The van der Waals surface area contributed by atoms with Gasteiger partial charge in [0.1, 0.15) is 0 Å². The molecule has 0 amide bonds. The van der Waals surface area contributed by atoms with Gasteiger partial charge < -0.3 is 5.32 Å². The SMILES string of the molecule is CNC(CS(=O)C1CCCC1)C1CC1. The molecule has 2 nitrogen and oxygen atoms in total. The number of hydrogen-bond acceptors (Lipinski definition) is 2. The van der Waals surface area contributed by atoms with Crippen LogP contribution in [0.2, 0.25) is 0 Å². The molecule has 2 saturated carbocycles. The number of rotatable bonds is 5. The highest BCUT2D eigenvalue weighted by atomic mass is 32.2. The topological polar surface area (TPSA) is 29.1 Å². The molecule has 1 N–H and O–H groups in total. The molecule has 0 aromatic carbocycles. The first-order valence-electron chi connectivity index (χ1n) is 5.85. The Balaban J connectivity index is 1.79.